The van der Waals surface area contributed by atoms with Crippen molar-refractivity contribution in [1.29, 1.82) is 0 Å². The summed E-state index contributed by atoms with van der Waals surface area (Å²) in [5, 5.41) is 4.15. The molecular weight excluding hydrogens is 289 g/mol. The van der Waals surface area contributed by atoms with Crippen LogP contribution >= 0.6 is 11.6 Å². The largest absolute Gasteiger partial charge is 0.481 e. The molecule has 0 aliphatic carbocycles. The molecule has 106 valence electrons. The van der Waals surface area contributed by atoms with Gasteiger partial charge < -0.3 is 10.1 Å². The molecule has 1 amide bonds. The van der Waals surface area contributed by atoms with Crippen LogP contribution in [0.25, 0.3) is 0 Å². The molecule has 0 bridgehead atoms. The molecule has 10 heteroatoms. The SMILES string of the molecule is COc1cc(Cl)nc(NC(=O)CNCC(F)(F)F)n1. The van der Waals surface area contributed by atoms with Crippen LogP contribution in [0.1, 0.15) is 0 Å². The van der Waals surface area contributed by atoms with Gasteiger partial charge in [-0.05, 0) is 0 Å². The Morgan fingerprint density at radius 3 is 2.74 bits per heavy atom. The van der Waals surface area contributed by atoms with E-state index >= 15 is 0 Å². The maximum atomic E-state index is 11.8. The van der Waals surface area contributed by atoms with E-state index in [9.17, 15) is 18.0 Å². The van der Waals surface area contributed by atoms with Gasteiger partial charge in [-0.3, -0.25) is 10.1 Å². The summed E-state index contributed by atoms with van der Waals surface area (Å²) in [5.74, 6) is -0.754. The van der Waals surface area contributed by atoms with E-state index in [2.05, 4.69) is 15.3 Å². The standard InChI is InChI=1S/C9H10ClF3N4O2/c1-19-7-2-5(10)15-8(17-7)16-6(18)3-14-4-9(11,12)13/h2,14H,3-4H2,1H3,(H,15,16,17,18). The van der Waals surface area contributed by atoms with Crippen LogP contribution in [-0.4, -0.2) is 42.3 Å². The Morgan fingerprint density at radius 2 is 2.16 bits per heavy atom. The van der Waals surface area contributed by atoms with Crippen LogP contribution in [0.15, 0.2) is 6.07 Å². The highest BCUT2D eigenvalue weighted by molar-refractivity contribution is 6.29. The Balaban J connectivity index is 2.50. The molecule has 0 spiro atoms. The summed E-state index contributed by atoms with van der Waals surface area (Å²) < 4.78 is 40.3. The van der Waals surface area contributed by atoms with Crippen molar-refractivity contribution in [2.75, 3.05) is 25.5 Å². The summed E-state index contributed by atoms with van der Waals surface area (Å²) in [6.07, 6.45) is -4.38. The van der Waals surface area contributed by atoms with Gasteiger partial charge in [0.15, 0.2) is 0 Å². The van der Waals surface area contributed by atoms with Crippen molar-refractivity contribution in [3.63, 3.8) is 0 Å². The van der Waals surface area contributed by atoms with Gasteiger partial charge in [0.05, 0.1) is 20.2 Å². The minimum Gasteiger partial charge on any atom is -0.481 e. The van der Waals surface area contributed by atoms with E-state index in [0.717, 1.165) is 0 Å². The van der Waals surface area contributed by atoms with Crippen LogP contribution in [-0.2, 0) is 4.79 Å². The van der Waals surface area contributed by atoms with Crippen molar-refractivity contribution in [1.82, 2.24) is 15.3 Å². The van der Waals surface area contributed by atoms with Crippen LogP contribution < -0.4 is 15.4 Å². The molecule has 0 saturated carbocycles. The fraction of sp³-hybridized carbons (Fsp3) is 0.444. The molecular formula is C9H10ClF3N4O2. The van der Waals surface area contributed by atoms with E-state index in [1.807, 2.05) is 5.32 Å². The number of methoxy groups -OCH3 is 1. The maximum absolute atomic E-state index is 11.8. The summed E-state index contributed by atoms with van der Waals surface area (Å²) in [6.45, 7) is -1.79. The summed E-state index contributed by atoms with van der Waals surface area (Å²) in [5.41, 5.74) is 0. The summed E-state index contributed by atoms with van der Waals surface area (Å²) >= 11 is 5.63. The zero-order chi connectivity index (χ0) is 14.5. The number of hydrogen-bond acceptors (Lipinski definition) is 5. The lowest BCUT2D eigenvalue weighted by Gasteiger charge is -2.08. The fourth-order valence-corrected chi connectivity index (χ4v) is 1.22. The molecule has 0 aliphatic rings. The molecule has 1 aromatic rings. The lowest BCUT2D eigenvalue weighted by Crippen LogP contribution is -2.35. The topological polar surface area (TPSA) is 76.1 Å². The Kier molecular flexibility index (Phi) is 5.31. The van der Waals surface area contributed by atoms with Gasteiger partial charge in [0, 0.05) is 6.07 Å². The number of carbonyl (C=O) groups excluding carboxylic acids is 1. The second kappa shape index (κ2) is 6.53. The van der Waals surface area contributed by atoms with Crippen molar-refractivity contribution in [3.05, 3.63) is 11.2 Å². The van der Waals surface area contributed by atoms with Crippen molar-refractivity contribution in [3.8, 4) is 5.88 Å². The first-order valence-corrected chi connectivity index (χ1v) is 5.34. The minimum atomic E-state index is -4.38. The van der Waals surface area contributed by atoms with E-state index in [1.54, 1.807) is 0 Å². The van der Waals surface area contributed by atoms with E-state index in [4.69, 9.17) is 16.3 Å². The van der Waals surface area contributed by atoms with Gasteiger partial charge in [-0.2, -0.15) is 18.2 Å². The number of aromatic nitrogens is 2. The molecule has 0 fully saturated rings. The second-order valence-electron chi connectivity index (χ2n) is 3.32. The maximum Gasteiger partial charge on any atom is 0.401 e. The van der Waals surface area contributed by atoms with Gasteiger partial charge in [-0.15, -0.1) is 0 Å². The molecule has 0 saturated heterocycles. The molecule has 0 aliphatic heterocycles. The first kappa shape index (κ1) is 15.4. The molecule has 0 atom stereocenters. The Labute approximate surface area is 111 Å². The zero-order valence-electron chi connectivity index (χ0n) is 9.71. The normalized spacial score (nSPS) is 11.2. The first-order chi connectivity index (χ1) is 8.80. The molecule has 1 rings (SSSR count). The average molecular weight is 299 g/mol. The number of carbonyl (C=O) groups is 1. The number of amides is 1. The first-order valence-electron chi connectivity index (χ1n) is 4.96. The molecule has 2 N–H and O–H groups in total. The number of nitrogens with zero attached hydrogens (tertiary/aromatic N) is 2. The van der Waals surface area contributed by atoms with Gasteiger partial charge in [0.1, 0.15) is 5.15 Å². The number of rotatable bonds is 5. The average Bonchev–Trinajstić information content (AvgIpc) is 2.26. The van der Waals surface area contributed by atoms with Crippen LogP contribution in [0.5, 0.6) is 5.88 Å². The van der Waals surface area contributed by atoms with E-state index in [0.29, 0.717) is 0 Å². The highest BCUT2D eigenvalue weighted by Crippen LogP contribution is 2.15. The zero-order valence-corrected chi connectivity index (χ0v) is 10.5. The molecule has 1 aromatic heterocycles. The predicted molar refractivity (Wildman–Crippen MR) is 61.1 cm³/mol. The predicted octanol–water partition coefficient (Wildman–Crippen LogP) is 1.23. The quantitative estimate of drug-likeness (QED) is 0.800. The summed E-state index contributed by atoms with van der Waals surface area (Å²) in [4.78, 5) is 18.7. The number of nitrogens with one attached hydrogen (secondary N) is 2. The highest BCUT2D eigenvalue weighted by atomic mass is 35.5. The summed E-state index contributed by atoms with van der Waals surface area (Å²) in [7, 11) is 1.34. The molecule has 0 radical (unpaired) electrons. The van der Waals surface area contributed by atoms with E-state index in [-0.39, 0.29) is 17.0 Å². The molecule has 0 unspecified atom stereocenters. The third-order valence-corrected chi connectivity index (χ3v) is 1.94. The van der Waals surface area contributed by atoms with Gasteiger partial charge >= 0.3 is 6.18 Å². The Morgan fingerprint density at radius 1 is 1.47 bits per heavy atom. The van der Waals surface area contributed by atoms with Crippen LogP contribution in [0.4, 0.5) is 19.1 Å². The van der Waals surface area contributed by atoms with Crippen LogP contribution in [0.2, 0.25) is 5.15 Å². The molecule has 0 aromatic carbocycles. The van der Waals surface area contributed by atoms with Crippen molar-refractivity contribution in [2.24, 2.45) is 0 Å². The van der Waals surface area contributed by atoms with Crippen LogP contribution in [0, 0.1) is 0 Å². The van der Waals surface area contributed by atoms with Gasteiger partial charge in [-0.25, -0.2) is 4.98 Å². The van der Waals surface area contributed by atoms with Gasteiger partial charge in [0.2, 0.25) is 17.7 Å². The smallest absolute Gasteiger partial charge is 0.401 e. The highest BCUT2D eigenvalue weighted by Gasteiger charge is 2.26. The number of anilines is 1. The Bertz CT molecular complexity index is 456. The van der Waals surface area contributed by atoms with Crippen molar-refractivity contribution < 1.29 is 22.7 Å². The lowest BCUT2D eigenvalue weighted by atomic mass is 10.5. The lowest BCUT2D eigenvalue weighted by molar-refractivity contribution is -0.126. The van der Waals surface area contributed by atoms with Gasteiger partial charge in [-0.1, -0.05) is 11.6 Å². The second-order valence-corrected chi connectivity index (χ2v) is 3.71. The van der Waals surface area contributed by atoms with Crippen molar-refractivity contribution >= 4 is 23.5 Å². The number of alkyl halides is 3. The third-order valence-electron chi connectivity index (χ3n) is 1.74. The fourth-order valence-electron chi connectivity index (χ4n) is 1.04. The monoisotopic (exact) mass is 298 g/mol. The molecule has 1 heterocycles. The molecule has 19 heavy (non-hydrogen) atoms. The third kappa shape index (κ3) is 6.20. The number of halogens is 4. The molecule has 6 nitrogen and oxygen atoms in total. The number of hydrogen-bond donors (Lipinski definition) is 2. The van der Waals surface area contributed by atoms with Crippen LogP contribution in [0.3, 0.4) is 0 Å². The number of ether oxygens (including phenoxy) is 1. The van der Waals surface area contributed by atoms with Crippen molar-refractivity contribution in [2.45, 2.75) is 6.18 Å². The summed E-state index contributed by atoms with van der Waals surface area (Å²) in [6, 6.07) is 1.32. The van der Waals surface area contributed by atoms with Gasteiger partial charge in [0.25, 0.3) is 0 Å². The van der Waals surface area contributed by atoms with E-state index < -0.39 is 25.2 Å². The minimum absolute atomic E-state index is 0.0328. The van der Waals surface area contributed by atoms with E-state index in [1.165, 1.54) is 13.2 Å². The Hall–Kier alpha value is -1.61.